The van der Waals surface area contributed by atoms with Gasteiger partial charge in [0, 0.05) is 11.8 Å². The van der Waals surface area contributed by atoms with Crippen LogP contribution >= 0.6 is 0 Å². The molecule has 1 aliphatic heterocycles. The zero-order valence-electron chi connectivity index (χ0n) is 15.5. The van der Waals surface area contributed by atoms with E-state index >= 15 is 0 Å². The molecular formula is C20H22N2O5. The maximum absolute atomic E-state index is 12.9. The fourth-order valence-corrected chi connectivity index (χ4v) is 3.30. The number of carbonyl (C=O) groups excluding carboxylic acids is 1. The summed E-state index contributed by atoms with van der Waals surface area (Å²) in [5.41, 5.74) is 7.57. The molecule has 1 unspecified atom stereocenters. The molecule has 3 rings (SSSR count). The fourth-order valence-electron chi connectivity index (χ4n) is 3.30. The molecule has 142 valence electrons. The Bertz CT molecular complexity index is 961. The molecule has 1 aromatic carbocycles. The van der Waals surface area contributed by atoms with Crippen LogP contribution in [0.5, 0.6) is 11.5 Å². The van der Waals surface area contributed by atoms with Crippen LogP contribution in [0.3, 0.4) is 0 Å². The highest BCUT2D eigenvalue weighted by atomic mass is 16.5. The Labute approximate surface area is 156 Å². The zero-order valence-corrected chi connectivity index (χ0v) is 15.5. The Morgan fingerprint density at radius 1 is 1.30 bits per heavy atom. The van der Waals surface area contributed by atoms with Gasteiger partial charge in [0.1, 0.15) is 17.1 Å². The fraction of sp³-hybridized carbons (Fsp3) is 0.300. The van der Waals surface area contributed by atoms with Crippen molar-refractivity contribution >= 4 is 5.97 Å². The number of methoxy groups -OCH3 is 2. The number of ether oxygens (including phenoxy) is 3. The highest BCUT2D eigenvalue weighted by Crippen LogP contribution is 2.41. The van der Waals surface area contributed by atoms with Gasteiger partial charge in [0.2, 0.25) is 5.88 Å². The van der Waals surface area contributed by atoms with Crippen molar-refractivity contribution in [3.8, 4) is 11.5 Å². The van der Waals surface area contributed by atoms with Gasteiger partial charge in [-0.15, -0.1) is 0 Å². The number of aromatic nitrogens is 1. The summed E-state index contributed by atoms with van der Waals surface area (Å²) in [6.07, 6.45) is 1.57. The number of benzene rings is 1. The van der Waals surface area contributed by atoms with Crippen molar-refractivity contribution in [2.24, 2.45) is 5.73 Å². The van der Waals surface area contributed by atoms with Gasteiger partial charge in [0.15, 0.2) is 0 Å². The third-order valence-electron chi connectivity index (χ3n) is 4.50. The van der Waals surface area contributed by atoms with E-state index in [0.29, 0.717) is 29.0 Å². The summed E-state index contributed by atoms with van der Waals surface area (Å²) in [5.74, 6) is -0.503. The van der Waals surface area contributed by atoms with E-state index in [4.69, 9.17) is 19.9 Å². The van der Waals surface area contributed by atoms with Crippen molar-refractivity contribution in [3.05, 3.63) is 69.0 Å². The van der Waals surface area contributed by atoms with Gasteiger partial charge in [-0.25, -0.2) is 4.79 Å². The average molecular weight is 370 g/mol. The number of aryl methyl sites for hydroxylation is 1. The van der Waals surface area contributed by atoms with Crippen molar-refractivity contribution in [2.45, 2.75) is 25.7 Å². The minimum Gasteiger partial charge on any atom is -0.497 e. The standard InChI is InChI=1S/C20H22N2O5/c1-4-6-12-10-14-16(19(23)22-12)15(11-7-5-8-13(9-11)25-2)17(18(21)27-14)20(24)26-3/h5,7-10,15H,4,6,21H2,1-3H3,(H,22,23). The summed E-state index contributed by atoms with van der Waals surface area (Å²) < 4.78 is 15.8. The van der Waals surface area contributed by atoms with E-state index in [1.54, 1.807) is 37.4 Å². The summed E-state index contributed by atoms with van der Waals surface area (Å²) in [5, 5.41) is 0. The van der Waals surface area contributed by atoms with E-state index in [2.05, 4.69) is 4.98 Å². The first-order valence-corrected chi connectivity index (χ1v) is 8.66. The first-order valence-electron chi connectivity index (χ1n) is 8.66. The number of aromatic amines is 1. The van der Waals surface area contributed by atoms with Crippen molar-refractivity contribution in [1.82, 2.24) is 4.98 Å². The second kappa shape index (κ2) is 7.57. The maximum atomic E-state index is 12.9. The molecule has 3 N–H and O–H groups in total. The first-order chi connectivity index (χ1) is 13.0. The van der Waals surface area contributed by atoms with Crippen molar-refractivity contribution in [3.63, 3.8) is 0 Å². The maximum Gasteiger partial charge on any atom is 0.340 e. The number of carbonyl (C=O) groups is 1. The lowest BCUT2D eigenvalue weighted by Gasteiger charge is -2.28. The van der Waals surface area contributed by atoms with Gasteiger partial charge >= 0.3 is 5.97 Å². The Morgan fingerprint density at radius 3 is 2.74 bits per heavy atom. The number of H-pyrrole nitrogens is 1. The van der Waals surface area contributed by atoms with Crippen LogP contribution < -0.4 is 20.8 Å². The van der Waals surface area contributed by atoms with E-state index < -0.39 is 11.9 Å². The monoisotopic (exact) mass is 370 g/mol. The van der Waals surface area contributed by atoms with Gasteiger partial charge in [0.25, 0.3) is 5.56 Å². The Morgan fingerprint density at radius 2 is 2.07 bits per heavy atom. The molecule has 2 heterocycles. The molecule has 0 radical (unpaired) electrons. The lowest BCUT2D eigenvalue weighted by atomic mass is 9.83. The van der Waals surface area contributed by atoms with Gasteiger partial charge < -0.3 is 24.9 Å². The number of esters is 1. The molecule has 7 nitrogen and oxygen atoms in total. The van der Waals surface area contributed by atoms with Crippen molar-refractivity contribution in [1.29, 1.82) is 0 Å². The third-order valence-corrected chi connectivity index (χ3v) is 4.50. The normalized spacial score (nSPS) is 15.7. The van der Waals surface area contributed by atoms with Crippen LogP contribution in [0.2, 0.25) is 0 Å². The Balaban J connectivity index is 2.26. The summed E-state index contributed by atoms with van der Waals surface area (Å²) in [4.78, 5) is 28.2. The summed E-state index contributed by atoms with van der Waals surface area (Å²) in [7, 11) is 2.81. The lowest BCUT2D eigenvalue weighted by molar-refractivity contribution is -0.136. The molecule has 0 amide bonds. The van der Waals surface area contributed by atoms with E-state index in [-0.39, 0.29) is 17.0 Å². The number of fused-ring (bicyclic) bond motifs is 1. The van der Waals surface area contributed by atoms with E-state index in [1.165, 1.54) is 7.11 Å². The number of nitrogens with one attached hydrogen (secondary N) is 1. The molecule has 1 aliphatic rings. The number of nitrogens with two attached hydrogens (primary N) is 1. The van der Waals surface area contributed by atoms with Crippen molar-refractivity contribution in [2.75, 3.05) is 14.2 Å². The molecule has 27 heavy (non-hydrogen) atoms. The number of pyridine rings is 1. The molecule has 2 aromatic rings. The number of hydrogen-bond donors (Lipinski definition) is 2. The largest absolute Gasteiger partial charge is 0.497 e. The molecule has 1 aromatic heterocycles. The van der Waals surface area contributed by atoms with Crippen molar-refractivity contribution < 1.29 is 19.0 Å². The van der Waals surface area contributed by atoms with E-state index in [1.807, 2.05) is 6.92 Å². The van der Waals surface area contributed by atoms with Crippen LogP contribution in [0.25, 0.3) is 0 Å². The summed E-state index contributed by atoms with van der Waals surface area (Å²) in [6.45, 7) is 2.02. The van der Waals surface area contributed by atoms with Crippen LogP contribution in [0, 0.1) is 0 Å². The first kappa shape index (κ1) is 18.6. The summed E-state index contributed by atoms with van der Waals surface area (Å²) in [6, 6.07) is 8.89. The van der Waals surface area contributed by atoms with Gasteiger partial charge in [-0.2, -0.15) is 0 Å². The molecule has 0 spiro atoms. The third kappa shape index (κ3) is 3.40. The SMILES string of the molecule is CCCc1cc2c(c(=O)[nH]1)C(c1cccc(OC)c1)C(C(=O)OC)=C(N)O2. The predicted octanol–water partition coefficient (Wildman–Crippen LogP) is 2.20. The van der Waals surface area contributed by atoms with Gasteiger partial charge in [0.05, 0.1) is 25.7 Å². The molecule has 1 atom stereocenters. The van der Waals surface area contributed by atoms with Gasteiger partial charge in [-0.1, -0.05) is 25.5 Å². The number of hydrogen-bond acceptors (Lipinski definition) is 6. The van der Waals surface area contributed by atoms with Crippen LogP contribution in [-0.4, -0.2) is 25.2 Å². The second-order valence-corrected chi connectivity index (χ2v) is 6.23. The molecule has 0 bridgehead atoms. The predicted molar refractivity (Wildman–Crippen MR) is 99.8 cm³/mol. The highest BCUT2D eigenvalue weighted by molar-refractivity contribution is 5.92. The average Bonchev–Trinajstić information content (AvgIpc) is 2.66. The molecule has 0 fully saturated rings. The minimum absolute atomic E-state index is 0.0739. The topological polar surface area (TPSA) is 104 Å². The molecular weight excluding hydrogens is 348 g/mol. The van der Waals surface area contributed by atoms with Crippen LogP contribution in [0.15, 0.2) is 46.6 Å². The highest BCUT2D eigenvalue weighted by Gasteiger charge is 2.37. The smallest absolute Gasteiger partial charge is 0.340 e. The van der Waals surface area contributed by atoms with Gasteiger partial charge in [-0.3, -0.25) is 4.79 Å². The zero-order chi connectivity index (χ0) is 19.6. The quantitative estimate of drug-likeness (QED) is 0.782. The Kier molecular flexibility index (Phi) is 5.21. The van der Waals surface area contributed by atoms with E-state index in [9.17, 15) is 9.59 Å². The minimum atomic E-state index is -0.726. The summed E-state index contributed by atoms with van der Waals surface area (Å²) >= 11 is 0. The molecule has 7 heteroatoms. The van der Waals surface area contributed by atoms with Crippen LogP contribution in [-0.2, 0) is 16.0 Å². The molecule has 0 saturated carbocycles. The molecule has 0 aliphatic carbocycles. The Hall–Kier alpha value is -3.22. The van der Waals surface area contributed by atoms with Crippen LogP contribution in [0.4, 0.5) is 0 Å². The lowest BCUT2D eigenvalue weighted by Crippen LogP contribution is -2.32. The number of rotatable bonds is 5. The van der Waals surface area contributed by atoms with Crippen LogP contribution in [0.1, 0.15) is 36.1 Å². The van der Waals surface area contributed by atoms with Gasteiger partial charge in [-0.05, 0) is 24.1 Å². The molecule has 0 saturated heterocycles. The van der Waals surface area contributed by atoms with E-state index in [0.717, 1.165) is 12.1 Å². The second-order valence-electron chi connectivity index (χ2n) is 6.23.